The first-order valence-corrected chi connectivity index (χ1v) is 29.5. The number of aromatic nitrogens is 9. The Morgan fingerprint density at radius 2 is 0.800 bits per heavy atom. The molecule has 502 valence electrons. The molecule has 0 spiro atoms. The van der Waals surface area contributed by atoms with E-state index in [1.807, 2.05) is 0 Å². The van der Waals surface area contributed by atoms with Gasteiger partial charge in [0.05, 0.1) is 65.7 Å². The van der Waals surface area contributed by atoms with E-state index in [2.05, 4.69) is 58.2 Å². The van der Waals surface area contributed by atoms with Crippen LogP contribution in [0.1, 0.15) is 103 Å². The third kappa shape index (κ3) is 18.0. The van der Waals surface area contributed by atoms with Gasteiger partial charge in [-0.2, -0.15) is 0 Å². The van der Waals surface area contributed by atoms with Crippen LogP contribution in [0.25, 0.3) is 0 Å². The number of methoxy groups -OCH3 is 1. The average molecular weight is 1310 g/mol. The molecule has 8 aromatic rings. The second kappa shape index (κ2) is 31.0. The first kappa shape index (κ1) is 69.1. The minimum Gasteiger partial charge on any atom is -0.382 e. The number of nitrogens with zero attached hydrogens (tertiary/aromatic N) is 9. The number of rotatable bonds is 31. The highest BCUT2D eigenvalue weighted by molar-refractivity contribution is 6.09. The van der Waals surface area contributed by atoms with Crippen molar-refractivity contribution >= 4 is 105 Å². The van der Waals surface area contributed by atoms with Gasteiger partial charge in [0, 0.05) is 151 Å². The van der Waals surface area contributed by atoms with Gasteiger partial charge in [0.1, 0.15) is 39.9 Å². The van der Waals surface area contributed by atoms with Crippen LogP contribution < -0.4 is 64.6 Å². The molecule has 14 N–H and O–H groups in total. The molecule has 8 aromatic heterocycles. The lowest BCUT2D eigenvalue weighted by molar-refractivity contribution is -0.118. The van der Waals surface area contributed by atoms with Crippen LogP contribution in [0.4, 0.5) is 39.8 Å². The van der Waals surface area contributed by atoms with Crippen molar-refractivity contribution in [1.82, 2.24) is 57.5 Å². The summed E-state index contributed by atoms with van der Waals surface area (Å²) in [7, 11) is 12.9. The predicted octanol–water partition coefficient (Wildman–Crippen LogP) is 1.63. The number of carbonyl (C=O) groups is 11. The lowest BCUT2D eigenvalue weighted by Crippen LogP contribution is -2.39. The number of imidazole rings is 1. The highest BCUT2D eigenvalue weighted by Gasteiger charge is 2.24. The Balaban J connectivity index is 0.768. The standard InChI is InChI=1S/C61H75N21O13/c1-75-16-15-64-53(75)61(93)74-40-24-46(79(5)33-40)57(89)67-14-11-51(84)69-41-27-49(82(34-41)17-18-95-20-19-94-8)60(92)73-38-23-44(78(4)31-38)55(87)65-12-9-42(62)54(86)70-36-25-47(80(6)29-36)58(90)72-39-26-48(81(7)32-39)59(91)71-37-22-45(77(3)30-37)56(88)66-13-10-50(83)68-35-21-43(52(63)85)76(2)28-35/h15-16,21-34,42H,9-14,17-20,62H2,1-8H3,(H2,63,85)(H,65,87)(H,66,88)(H,67,89)(H,68,83)(H,69,84)(H,70,86)(H,71,91)(H,72,90)(H,73,92)(H,74,93)/t42-/m1/s1. The van der Waals surface area contributed by atoms with Crippen LogP contribution in [0.2, 0.25) is 0 Å². The van der Waals surface area contributed by atoms with Gasteiger partial charge in [0.25, 0.3) is 47.3 Å². The summed E-state index contributed by atoms with van der Waals surface area (Å²) in [6.45, 7) is 1.01. The summed E-state index contributed by atoms with van der Waals surface area (Å²) in [5, 5.41) is 27.2. The number of nitrogens with two attached hydrogens (primary N) is 2. The molecule has 0 aliphatic carbocycles. The second-order valence-electron chi connectivity index (χ2n) is 22.1. The minimum absolute atomic E-state index is 0.00759. The summed E-state index contributed by atoms with van der Waals surface area (Å²) in [6, 6.07) is 9.15. The maximum atomic E-state index is 13.8. The molecule has 95 heavy (non-hydrogen) atoms. The zero-order chi connectivity index (χ0) is 68.8. The van der Waals surface area contributed by atoms with Crippen LogP contribution >= 0.6 is 0 Å². The van der Waals surface area contributed by atoms with Crippen molar-refractivity contribution < 1.29 is 62.2 Å². The van der Waals surface area contributed by atoms with Gasteiger partial charge in [-0.25, -0.2) is 4.98 Å². The van der Waals surface area contributed by atoms with E-state index in [1.54, 1.807) is 84.2 Å². The zero-order valence-electron chi connectivity index (χ0n) is 53.4. The molecule has 0 aliphatic heterocycles. The number of hydrogen-bond donors (Lipinski definition) is 12. The van der Waals surface area contributed by atoms with Crippen molar-refractivity contribution in [2.45, 2.75) is 31.8 Å². The molecule has 34 heteroatoms. The first-order valence-electron chi connectivity index (χ1n) is 29.5. The Hall–Kier alpha value is -11.8. The molecule has 0 radical (unpaired) electrons. The largest absolute Gasteiger partial charge is 0.382 e. The van der Waals surface area contributed by atoms with Gasteiger partial charge in [-0.05, 0) is 48.9 Å². The van der Waals surface area contributed by atoms with Gasteiger partial charge >= 0.3 is 0 Å². The fraction of sp³-hybridized carbons (Fsp3) is 0.311. The zero-order valence-corrected chi connectivity index (χ0v) is 53.4. The fourth-order valence-electron chi connectivity index (χ4n) is 9.89. The van der Waals surface area contributed by atoms with Crippen LogP contribution in [-0.4, -0.2) is 159 Å². The van der Waals surface area contributed by atoms with E-state index < -0.39 is 71.0 Å². The molecule has 0 unspecified atom stereocenters. The van der Waals surface area contributed by atoms with Gasteiger partial charge < -0.3 is 111 Å². The quantitative estimate of drug-likeness (QED) is 0.0275. The van der Waals surface area contributed by atoms with Gasteiger partial charge in [0.15, 0.2) is 5.82 Å². The van der Waals surface area contributed by atoms with E-state index in [-0.39, 0.29) is 115 Å². The molecule has 8 rings (SSSR count). The Labute approximate surface area is 543 Å². The van der Waals surface area contributed by atoms with E-state index in [0.29, 0.717) is 36.0 Å². The summed E-state index contributed by atoms with van der Waals surface area (Å²) >= 11 is 0. The maximum Gasteiger partial charge on any atom is 0.291 e. The molecule has 0 fully saturated rings. The number of aryl methyl sites for hydroxylation is 7. The Morgan fingerprint density at radius 3 is 1.22 bits per heavy atom. The van der Waals surface area contributed by atoms with Crippen LogP contribution in [0.5, 0.6) is 0 Å². The van der Waals surface area contributed by atoms with Crippen LogP contribution in [-0.2, 0) is 79.7 Å². The van der Waals surface area contributed by atoms with E-state index in [1.165, 1.54) is 107 Å². The second-order valence-corrected chi connectivity index (χ2v) is 22.1. The molecule has 0 saturated heterocycles. The summed E-state index contributed by atoms with van der Waals surface area (Å²) < 4.78 is 22.9. The first-order chi connectivity index (χ1) is 45.2. The summed E-state index contributed by atoms with van der Waals surface area (Å²) in [5.74, 6) is -5.56. The smallest absolute Gasteiger partial charge is 0.291 e. The van der Waals surface area contributed by atoms with Crippen molar-refractivity contribution in [3.63, 3.8) is 0 Å². The van der Waals surface area contributed by atoms with Crippen molar-refractivity contribution in [1.29, 1.82) is 0 Å². The van der Waals surface area contributed by atoms with Crippen molar-refractivity contribution in [3.05, 3.63) is 144 Å². The van der Waals surface area contributed by atoms with Gasteiger partial charge in [-0.15, -0.1) is 0 Å². The van der Waals surface area contributed by atoms with Gasteiger partial charge in [-0.1, -0.05) is 0 Å². The number of carbonyl (C=O) groups excluding carboxylic acids is 11. The molecule has 0 aliphatic rings. The maximum absolute atomic E-state index is 13.8. The third-order valence-corrected chi connectivity index (χ3v) is 14.7. The van der Waals surface area contributed by atoms with E-state index in [4.69, 9.17) is 20.9 Å². The van der Waals surface area contributed by atoms with E-state index in [9.17, 15) is 52.7 Å². The van der Waals surface area contributed by atoms with Crippen LogP contribution in [0.3, 0.4) is 0 Å². The van der Waals surface area contributed by atoms with Gasteiger partial charge in [0.2, 0.25) is 17.7 Å². The Bertz CT molecular complexity index is 4220. The highest BCUT2D eigenvalue weighted by Crippen LogP contribution is 2.23. The molecule has 11 amide bonds. The lowest BCUT2D eigenvalue weighted by Gasteiger charge is -2.12. The molecule has 34 nitrogen and oxygen atoms in total. The van der Waals surface area contributed by atoms with Crippen molar-refractivity contribution in [2.75, 3.05) is 83.8 Å². The van der Waals surface area contributed by atoms with Crippen molar-refractivity contribution in [2.24, 2.45) is 60.8 Å². The summed E-state index contributed by atoms with van der Waals surface area (Å²) in [4.78, 5) is 147. The monoisotopic (exact) mass is 1310 g/mol. The molecular weight excluding hydrogens is 1230 g/mol. The molecule has 8 heterocycles. The third-order valence-electron chi connectivity index (χ3n) is 14.7. The molecule has 0 bridgehead atoms. The Morgan fingerprint density at radius 1 is 0.432 bits per heavy atom. The number of amides is 11. The number of ether oxygens (including phenoxy) is 2. The molecular formula is C61H75N21O13. The SMILES string of the molecule is COCCOCCn1cc(NC(=O)CCNC(=O)c2cc(NC(=O)c3nccn3C)cn2C)cc1C(=O)Nc1cc(C(=O)NCC[C@@H](N)C(=O)Nc2cc(C(=O)Nc3cc(C(=O)Nc4cc(C(=O)NCCC(=O)Nc5cc(C(N)=O)n(C)c5)n(C)c4)n(C)c3)n(C)c2)n(C)c1. The topological polar surface area (TPSA) is 431 Å². The molecule has 0 aromatic carbocycles. The fourth-order valence-corrected chi connectivity index (χ4v) is 9.89. The molecule has 0 saturated carbocycles. The van der Waals surface area contributed by atoms with Crippen LogP contribution in [0, 0.1) is 0 Å². The van der Waals surface area contributed by atoms with Gasteiger partial charge in [-0.3, -0.25) is 52.7 Å². The van der Waals surface area contributed by atoms with Crippen molar-refractivity contribution in [3.8, 4) is 0 Å². The summed E-state index contributed by atoms with van der Waals surface area (Å²) in [5.41, 5.74) is 15.0. The number of anilines is 7. The van der Waals surface area contributed by atoms with Crippen LogP contribution in [0.15, 0.2) is 98.2 Å². The summed E-state index contributed by atoms with van der Waals surface area (Å²) in [6.07, 6.45) is 13.7. The molecule has 1 atom stereocenters. The Kier molecular flexibility index (Phi) is 22.6. The average Bonchev–Trinajstić information content (AvgIpc) is 1.70. The minimum atomic E-state index is -1.09. The highest BCUT2D eigenvalue weighted by atomic mass is 16.5. The normalized spacial score (nSPS) is 11.3. The predicted molar refractivity (Wildman–Crippen MR) is 348 cm³/mol. The van der Waals surface area contributed by atoms with E-state index >= 15 is 0 Å². The van der Waals surface area contributed by atoms with E-state index in [0.717, 1.165) is 0 Å². The number of primary amides is 1. The lowest BCUT2D eigenvalue weighted by atomic mass is 10.2. The number of nitrogens with one attached hydrogen (secondary N) is 10. The number of hydrogen-bond acceptors (Lipinski definition) is 15.